The second-order valence-electron chi connectivity index (χ2n) is 3.32. The molecule has 0 bridgehead atoms. The Morgan fingerprint density at radius 1 is 1.36 bits per heavy atom. The van der Waals surface area contributed by atoms with Crippen molar-refractivity contribution in [3.05, 3.63) is 40.5 Å². The minimum absolute atomic E-state index is 0.531. The van der Waals surface area contributed by atoms with Crippen molar-refractivity contribution in [2.45, 2.75) is 13.5 Å². The van der Waals surface area contributed by atoms with Crippen molar-refractivity contribution < 1.29 is 0 Å². The second kappa shape index (κ2) is 3.56. The van der Waals surface area contributed by atoms with E-state index in [1.807, 2.05) is 31.2 Å². The smallest absolute Gasteiger partial charge is 0.130 e. The Bertz CT molecular complexity index is 480. The quantitative estimate of drug-likeness (QED) is 0.729. The van der Waals surface area contributed by atoms with Gasteiger partial charge in [-0.05, 0) is 30.2 Å². The highest BCUT2D eigenvalue weighted by atomic mass is 35.5. The SMILES string of the molecule is Cc1cc(Cl)nc2cc(CN)ccc12. The molecule has 0 aliphatic heterocycles. The Labute approximate surface area is 87.7 Å². The summed E-state index contributed by atoms with van der Waals surface area (Å²) < 4.78 is 0. The molecule has 72 valence electrons. The van der Waals surface area contributed by atoms with Gasteiger partial charge in [-0.25, -0.2) is 4.98 Å². The lowest BCUT2D eigenvalue weighted by atomic mass is 10.1. The van der Waals surface area contributed by atoms with Crippen molar-refractivity contribution in [1.29, 1.82) is 0 Å². The summed E-state index contributed by atoms with van der Waals surface area (Å²) in [6.45, 7) is 2.56. The molecule has 2 aromatic rings. The predicted molar refractivity (Wildman–Crippen MR) is 59.4 cm³/mol. The minimum Gasteiger partial charge on any atom is -0.326 e. The number of hydrogen-bond acceptors (Lipinski definition) is 2. The maximum atomic E-state index is 5.88. The molecule has 0 unspecified atom stereocenters. The number of aryl methyl sites for hydroxylation is 1. The van der Waals surface area contributed by atoms with Crippen LogP contribution in [-0.2, 0) is 6.54 Å². The Morgan fingerprint density at radius 3 is 2.86 bits per heavy atom. The fourth-order valence-electron chi connectivity index (χ4n) is 1.53. The lowest BCUT2D eigenvalue weighted by molar-refractivity contribution is 1.07. The van der Waals surface area contributed by atoms with Crippen LogP contribution in [0.25, 0.3) is 10.9 Å². The lowest BCUT2D eigenvalue weighted by Gasteiger charge is -2.04. The van der Waals surface area contributed by atoms with E-state index in [-0.39, 0.29) is 0 Å². The zero-order valence-electron chi connectivity index (χ0n) is 7.92. The highest BCUT2D eigenvalue weighted by Crippen LogP contribution is 2.21. The van der Waals surface area contributed by atoms with Crippen LogP contribution in [0.2, 0.25) is 5.15 Å². The molecule has 0 spiro atoms. The van der Waals surface area contributed by atoms with Gasteiger partial charge in [0.25, 0.3) is 0 Å². The molecule has 0 saturated carbocycles. The van der Waals surface area contributed by atoms with Crippen LogP contribution in [0.15, 0.2) is 24.3 Å². The summed E-state index contributed by atoms with van der Waals surface area (Å²) >= 11 is 5.88. The molecule has 0 atom stereocenters. The third kappa shape index (κ3) is 1.59. The molecular weight excluding hydrogens is 196 g/mol. The van der Waals surface area contributed by atoms with Crippen LogP contribution in [0.3, 0.4) is 0 Å². The van der Waals surface area contributed by atoms with Gasteiger partial charge >= 0.3 is 0 Å². The van der Waals surface area contributed by atoms with Crippen LogP contribution >= 0.6 is 11.6 Å². The molecule has 1 aromatic heterocycles. The van der Waals surface area contributed by atoms with Gasteiger partial charge in [-0.2, -0.15) is 0 Å². The topological polar surface area (TPSA) is 38.9 Å². The molecule has 0 amide bonds. The van der Waals surface area contributed by atoms with E-state index in [2.05, 4.69) is 4.98 Å². The zero-order chi connectivity index (χ0) is 10.1. The first-order chi connectivity index (χ1) is 6.70. The van der Waals surface area contributed by atoms with Gasteiger partial charge in [0, 0.05) is 11.9 Å². The first-order valence-electron chi connectivity index (χ1n) is 4.46. The van der Waals surface area contributed by atoms with Crippen LogP contribution in [0, 0.1) is 6.92 Å². The van der Waals surface area contributed by atoms with Crippen molar-refractivity contribution in [2.24, 2.45) is 5.73 Å². The molecule has 0 aliphatic rings. The molecule has 1 heterocycles. The van der Waals surface area contributed by atoms with Gasteiger partial charge in [0.2, 0.25) is 0 Å². The number of nitrogens with zero attached hydrogens (tertiary/aromatic N) is 1. The zero-order valence-corrected chi connectivity index (χ0v) is 8.67. The van der Waals surface area contributed by atoms with Crippen molar-refractivity contribution in [2.75, 3.05) is 0 Å². The van der Waals surface area contributed by atoms with Crippen LogP contribution in [0.5, 0.6) is 0 Å². The van der Waals surface area contributed by atoms with Crippen molar-refractivity contribution in [3.8, 4) is 0 Å². The first-order valence-corrected chi connectivity index (χ1v) is 4.84. The molecule has 0 fully saturated rings. The van der Waals surface area contributed by atoms with Crippen molar-refractivity contribution in [3.63, 3.8) is 0 Å². The fraction of sp³-hybridized carbons (Fsp3) is 0.182. The normalized spacial score (nSPS) is 10.8. The van der Waals surface area contributed by atoms with E-state index in [9.17, 15) is 0 Å². The monoisotopic (exact) mass is 206 g/mol. The van der Waals surface area contributed by atoms with Crippen molar-refractivity contribution >= 4 is 22.5 Å². The number of aromatic nitrogens is 1. The van der Waals surface area contributed by atoms with Gasteiger partial charge < -0.3 is 5.73 Å². The summed E-state index contributed by atoms with van der Waals surface area (Å²) in [6, 6.07) is 7.90. The molecule has 2 nitrogen and oxygen atoms in total. The lowest BCUT2D eigenvalue weighted by Crippen LogP contribution is -1.96. The summed E-state index contributed by atoms with van der Waals surface area (Å²) in [5.74, 6) is 0. The molecule has 0 radical (unpaired) electrons. The van der Waals surface area contributed by atoms with Gasteiger partial charge in [-0.15, -0.1) is 0 Å². The third-order valence-corrected chi connectivity index (χ3v) is 2.48. The molecule has 14 heavy (non-hydrogen) atoms. The third-order valence-electron chi connectivity index (χ3n) is 2.29. The molecular formula is C11H11ClN2. The molecule has 1 aromatic carbocycles. The van der Waals surface area contributed by atoms with Gasteiger partial charge in [-0.3, -0.25) is 0 Å². The highest BCUT2D eigenvalue weighted by Gasteiger charge is 2.01. The van der Waals surface area contributed by atoms with E-state index in [0.29, 0.717) is 11.7 Å². The van der Waals surface area contributed by atoms with Gasteiger partial charge in [0.05, 0.1) is 5.52 Å². The molecule has 0 aliphatic carbocycles. The maximum Gasteiger partial charge on any atom is 0.130 e. The first kappa shape index (κ1) is 9.44. The second-order valence-corrected chi connectivity index (χ2v) is 3.70. The largest absolute Gasteiger partial charge is 0.326 e. The van der Waals surface area contributed by atoms with E-state index in [1.165, 1.54) is 0 Å². The maximum absolute atomic E-state index is 5.88. The van der Waals surface area contributed by atoms with Crippen LogP contribution in [0.4, 0.5) is 0 Å². The van der Waals surface area contributed by atoms with E-state index in [1.54, 1.807) is 0 Å². The number of rotatable bonds is 1. The Balaban J connectivity index is 2.75. The number of fused-ring (bicyclic) bond motifs is 1. The van der Waals surface area contributed by atoms with E-state index >= 15 is 0 Å². The van der Waals surface area contributed by atoms with Crippen LogP contribution in [-0.4, -0.2) is 4.98 Å². The summed E-state index contributed by atoms with van der Waals surface area (Å²) in [6.07, 6.45) is 0. The fourth-order valence-corrected chi connectivity index (χ4v) is 1.79. The summed E-state index contributed by atoms with van der Waals surface area (Å²) in [5.41, 5.74) is 8.69. The Morgan fingerprint density at radius 2 is 2.14 bits per heavy atom. The summed E-state index contributed by atoms with van der Waals surface area (Å²) in [4.78, 5) is 4.25. The van der Waals surface area contributed by atoms with Crippen LogP contribution < -0.4 is 5.73 Å². The number of pyridine rings is 1. The molecule has 3 heteroatoms. The van der Waals surface area contributed by atoms with Gasteiger partial charge in [-0.1, -0.05) is 23.7 Å². The predicted octanol–water partition coefficient (Wildman–Crippen LogP) is 2.66. The number of halogens is 1. The van der Waals surface area contributed by atoms with E-state index in [4.69, 9.17) is 17.3 Å². The Hall–Kier alpha value is -1.12. The van der Waals surface area contributed by atoms with Crippen LogP contribution in [0.1, 0.15) is 11.1 Å². The van der Waals surface area contributed by atoms with Gasteiger partial charge in [0.15, 0.2) is 0 Å². The number of hydrogen-bond donors (Lipinski definition) is 1. The average Bonchev–Trinajstić information content (AvgIpc) is 2.16. The summed E-state index contributed by atoms with van der Waals surface area (Å²) in [5, 5.41) is 1.66. The highest BCUT2D eigenvalue weighted by molar-refractivity contribution is 6.29. The van der Waals surface area contributed by atoms with Gasteiger partial charge in [0.1, 0.15) is 5.15 Å². The van der Waals surface area contributed by atoms with E-state index in [0.717, 1.165) is 22.0 Å². The average molecular weight is 207 g/mol. The number of nitrogens with two attached hydrogens (primary N) is 1. The minimum atomic E-state index is 0.531. The molecule has 2 rings (SSSR count). The summed E-state index contributed by atoms with van der Waals surface area (Å²) in [7, 11) is 0. The standard InChI is InChI=1S/C11H11ClN2/c1-7-4-11(12)14-10-5-8(6-13)2-3-9(7)10/h2-5H,6,13H2,1H3. The molecule has 0 saturated heterocycles. The van der Waals surface area contributed by atoms with Crippen molar-refractivity contribution in [1.82, 2.24) is 4.98 Å². The Kier molecular flexibility index (Phi) is 2.40. The molecule has 2 N–H and O–H groups in total. The number of benzene rings is 1. The van der Waals surface area contributed by atoms with E-state index < -0.39 is 0 Å².